The third kappa shape index (κ3) is 5.47. The average molecular weight is 538 g/mol. The van der Waals surface area contributed by atoms with Crippen LogP contribution in [-0.4, -0.2) is 39.8 Å². The molecule has 3 aromatic carbocycles. The lowest BCUT2D eigenvalue weighted by Crippen LogP contribution is -2.35. The summed E-state index contributed by atoms with van der Waals surface area (Å²) in [6, 6.07) is 23.7. The highest BCUT2D eigenvalue weighted by Crippen LogP contribution is 2.35. The van der Waals surface area contributed by atoms with Crippen LogP contribution in [0.1, 0.15) is 54.1 Å². The number of nitrogens with two attached hydrogens (primary N) is 1. The van der Waals surface area contributed by atoms with Crippen molar-refractivity contribution in [3.05, 3.63) is 89.3 Å². The lowest BCUT2D eigenvalue weighted by Gasteiger charge is -2.22. The molecule has 7 nitrogen and oxygen atoms in total. The van der Waals surface area contributed by atoms with Gasteiger partial charge in [0.05, 0.1) is 11.1 Å². The molecule has 2 heterocycles. The van der Waals surface area contributed by atoms with E-state index in [2.05, 4.69) is 23.2 Å². The fourth-order valence-corrected chi connectivity index (χ4v) is 5.73. The highest BCUT2D eigenvalue weighted by molar-refractivity contribution is 7.98. The summed E-state index contributed by atoms with van der Waals surface area (Å²) in [5.41, 5.74) is 10.0. The zero-order valence-electron chi connectivity index (χ0n) is 22.3. The van der Waals surface area contributed by atoms with Gasteiger partial charge in [-0.2, -0.15) is 5.26 Å². The van der Waals surface area contributed by atoms with Gasteiger partial charge in [-0.25, -0.2) is 0 Å². The predicted octanol–water partition coefficient (Wildman–Crippen LogP) is 6.04. The second kappa shape index (κ2) is 11.0. The number of amides is 1. The van der Waals surface area contributed by atoms with Crippen LogP contribution < -0.4 is 5.73 Å². The quantitative estimate of drug-likeness (QED) is 0.286. The number of hydrogen-bond donors (Lipinski definition) is 1. The third-order valence-corrected chi connectivity index (χ3v) is 8.02. The first-order valence-electron chi connectivity index (χ1n) is 13.0. The van der Waals surface area contributed by atoms with Crippen LogP contribution in [0.4, 0.5) is 0 Å². The zero-order valence-corrected chi connectivity index (χ0v) is 23.2. The summed E-state index contributed by atoms with van der Waals surface area (Å²) in [6.07, 6.45) is 4.44. The van der Waals surface area contributed by atoms with Gasteiger partial charge in [0, 0.05) is 34.2 Å². The second-order valence-corrected chi connectivity index (χ2v) is 11.1. The molecule has 0 aliphatic carbocycles. The van der Waals surface area contributed by atoms with Gasteiger partial charge in [-0.3, -0.25) is 4.79 Å². The summed E-state index contributed by atoms with van der Waals surface area (Å²) >= 11 is 1.51. The Hall–Kier alpha value is -3.93. The van der Waals surface area contributed by atoms with Gasteiger partial charge >= 0.3 is 0 Å². The molecule has 8 heteroatoms. The van der Waals surface area contributed by atoms with E-state index in [1.807, 2.05) is 78.7 Å². The molecule has 5 rings (SSSR count). The molecule has 198 valence electrons. The summed E-state index contributed by atoms with van der Waals surface area (Å²) in [6.45, 7) is 4.66. The number of aromatic nitrogens is 2. The molecular formula is C31H31N5O2S. The van der Waals surface area contributed by atoms with Gasteiger partial charge in [0.25, 0.3) is 5.91 Å². The third-order valence-electron chi connectivity index (χ3n) is 7.24. The SMILES string of the molecule is CSc1cccc(-c2cc(C(=O)N3CCCC3C)cc(-c3nnc([C@](C)(N)Cc4ccccc4)o3)c2)c1C#N. The Morgan fingerprint density at radius 2 is 1.92 bits per heavy atom. The number of nitriles is 1. The Bertz CT molecular complexity index is 1540. The van der Waals surface area contributed by atoms with E-state index in [1.165, 1.54) is 11.8 Å². The van der Waals surface area contributed by atoms with Gasteiger partial charge in [-0.15, -0.1) is 22.0 Å². The molecule has 0 saturated carbocycles. The second-order valence-electron chi connectivity index (χ2n) is 10.3. The van der Waals surface area contributed by atoms with Crippen LogP contribution in [0.15, 0.2) is 76.0 Å². The van der Waals surface area contributed by atoms with E-state index in [0.29, 0.717) is 29.0 Å². The van der Waals surface area contributed by atoms with Gasteiger partial charge in [0.15, 0.2) is 0 Å². The standard InChI is InChI=1S/C31H31N5O2S/c1-20-9-8-14-36(20)29(37)24-16-22(25-12-7-13-27(39-3)26(25)19-32)15-23(17-24)28-34-35-30(38-28)31(2,33)18-21-10-5-4-6-11-21/h4-7,10-13,15-17,20H,8-9,14,18,33H2,1-3H3/t20?,31-/m1/s1. The van der Waals surface area contributed by atoms with E-state index in [-0.39, 0.29) is 17.8 Å². The summed E-state index contributed by atoms with van der Waals surface area (Å²) < 4.78 is 6.14. The van der Waals surface area contributed by atoms with E-state index >= 15 is 0 Å². The van der Waals surface area contributed by atoms with Gasteiger partial charge in [0.1, 0.15) is 6.07 Å². The van der Waals surface area contributed by atoms with Crippen molar-refractivity contribution in [3.8, 4) is 28.7 Å². The van der Waals surface area contributed by atoms with Crippen LogP contribution in [0.3, 0.4) is 0 Å². The fraction of sp³-hybridized carbons (Fsp3) is 0.290. The maximum absolute atomic E-state index is 13.6. The zero-order chi connectivity index (χ0) is 27.6. The minimum atomic E-state index is -0.880. The highest BCUT2D eigenvalue weighted by Gasteiger charge is 2.30. The van der Waals surface area contributed by atoms with Crippen LogP contribution in [-0.2, 0) is 12.0 Å². The molecule has 0 radical (unpaired) electrons. The van der Waals surface area contributed by atoms with Crippen molar-refractivity contribution in [3.63, 3.8) is 0 Å². The first-order valence-corrected chi connectivity index (χ1v) is 14.2. The average Bonchev–Trinajstić information content (AvgIpc) is 3.62. The van der Waals surface area contributed by atoms with Crippen LogP contribution in [0.2, 0.25) is 0 Å². The van der Waals surface area contributed by atoms with Crippen LogP contribution in [0.25, 0.3) is 22.6 Å². The molecule has 0 spiro atoms. The summed E-state index contributed by atoms with van der Waals surface area (Å²) in [7, 11) is 0. The Kier molecular flexibility index (Phi) is 7.56. The molecule has 1 aromatic heterocycles. The fourth-order valence-electron chi connectivity index (χ4n) is 5.15. The van der Waals surface area contributed by atoms with E-state index in [0.717, 1.165) is 41.0 Å². The van der Waals surface area contributed by atoms with Crippen LogP contribution >= 0.6 is 11.8 Å². The van der Waals surface area contributed by atoms with Crippen molar-refractivity contribution in [2.24, 2.45) is 5.73 Å². The first-order chi connectivity index (χ1) is 18.8. The molecule has 1 unspecified atom stereocenters. The van der Waals surface area contributed by atoms with Crippen molar-refractivity contribution in [2.45, 2.75) is 49.6 Å². The Morgan fingerprint density at radius 3 is 2.62 bits per heavy atom. The molecule has 1 saturated heterocycles. The lowest BCUT2D eigenvalue weighted by molar-refractivity contribution is 0.0747. The molecule has 1 amide bonds. The number of carbonyl (C=O) groups excluding carboxylic acids is 1. The molecule has 0 bridgehead atoms. The maximum atomic E-state index is 13.6. The molecule has 2 atom stereocenters. The number of benzene rings is 3. The maximum Gasteiger partial charge on any atom is 0.254 e. The highest BCUT2D eigenvalue weighted by atomic mass is 32.2. The Morgan fingerprint density at radius 1 is 1.15 bits per heavy atom. The Labute approximate surface area is 233 Å². The van der Waals surface area contributed by atoms with Crippen molar-refractivity contribution in [1.82, 2.24) is 15.1 Å². The predicted molar refractivity (Wildman–Crippen MR) is 153 cm³/mol. The lowest BCUT2D eigenvalue weighted by atomic mass is 9.94. The van der Waals surface area contributed by atoms with Gasteiger partial charge in [0.2, 0.25) is 11.8 Å². The molecular weight excluding hydrogens is 506 g/mol. The van der Waals surface area contributed by atoms with Crippen molar-refractivity contribution in [2.75, 3.05) is 12.8 Å². The topological polar surface area (TPSA) is 109 Å². The minimum absolute atomic E-state index is 0.0462. The normalized spacial score (nSPS) is 16.6. The number of thioether (sulfide) groups is 1. The number of rotatable bonds is 7. The monoisotopic (exact) mass is 537 g/mol. The largest absolute Gasteiger partial charge is 0.419 e. The number of carbonyl (C=O) groups is 1. The van der Waals surface area contributed by atoms with Gasteiger partial charge < -0.3 is 15.1 Å². The smallest absolute Gasteiger partial charge is 0.254 e. The summed E-state index contributed by atoms with van der Waals surface area (Å²) in [5.74, 6) is 0.546. The van der Waals surface area contributed by atoms with Crippen LogP contribution in [0, 0.1) is 11.3 Å². The molecule has 1 aliphatic heterocycles. The van der Waals surface area contributed by atoms with Crippen LogP contribution in [0.5, 0.6) is 0 Å². The van der Waals surface area contributed by atoms with E-state index in [4.69, 9.17) is 10.2 Å². The minimum Gasteiger partial charge on any atom is -0.419 e. The molecule has 1 aliphatic rings. The van der Waals surface area contributed by atoms with E-state index < -0.39 is 5.54 Å². The Balaban J connectivity index is 1.59. The number of hydrogen-bond acceptors (Lipinski definition) is 7. The van der Waals surface area contributed by atoms with Crippen molar-refractivity contribution >= 4 is 17.7 Å². The van der Waals surface area contributed by atoms with Gasteiger partial charge in [-0.05, 0) is 74.8 Å². The van der Waals surface area contributed by atoms with Gasteiger partial charge in [-0.1, -0.05) is 42.5 Å². The van der Waals surface area contributed by atoms with Crippen molar-refractivity contribution in [1.29, 1.82) is 5.26 Å². The molecule has 39 heavy (non-hydrogen) atoms. The number of likely N-dealkylation sites (tertiary alicyclic amines) is 1. The summed E-state index contributed by atoms with van der Waals surface area (Å²) in [5, 5.41) is 18.6. The molecule has 4 aromatic rings. The van der Waals surface area contributed by atoms with E-state index in [1.54, 1.807) is 6.07 Å². The summed E-state index contributed by atoms with van der Waals surface area (Å²) in [4.78, 5) is 16.4. The van der Waals surface area contributed by atoms with Crippen molar-refractivity contribution < 1.29 is 9.21 Å². The van der Waals surface area contributed by atoms with E-state index in [9.17, 15) is 10.1 Å². The first kappa shape index (κ1) is 26.7. The number of nitrogens with zero attached hydrogens (tertiary/aromatic N) is 4. The molecule has 1 fully saturated rings. The molecule has 2 N–H and O–H groups in total.